The minimum absolute atomic E-state index is 0. The van der Waals surface area contributed by atoms with Crippen molar-refractivity contribution in [1.82, 2.24) is 0 Å². The SMILES string of the molecule is CCC(=O)Nc1ccc(NC(=O)C(N)COC)cc1.Cl. The van der Waals surface area contributed by atoms with Gasteiger partial charge < -0.3 is 21.1 Å². The van der Waals surface area contributed by atoms with Gasteiger partial charge in [-0.2, -0.15) is 0 Å². The predicted molar refractivity (Wildman–Crippen MR) is 81.1 cm³/mol. The molecule has 0 bridgehead atoms. The average molecular weight is 302 g/mol. The van der Waals surface area contributed by atoms with Crippen LogP contribution in [0.3, 0.4) is 0 Å². The van der Waals surface area contributed by atoms with Crippen molar-refractivity contribution >= 4 is 35.6 Å². The Bertz CT molecular complexity index is 437. The first kappa shape index (κ1) is 18.4. The van der Waals surface area contributed by atoms with E-state index in [0.717, 1.165) is 0 Å². The summed E-state index contributed by atoms with van der Waals surface area (Å²) in [5, 5.41) is 5.38. The van der Waals surface area contributed by atoms with Gasteiger partial charge in [-0.3, -0.25) is 9.59 Å². The average Bonchev–Trinajstić information content (AvgIpc) is 2.41. The van der Waals surface area contributed by atoms with Gasteiger partial charge in [-0.15, -0.1) is 12.4 Å². The highest BCUT2D eigenvalue weighted by Gasteiger charge is 2.12. The van der Waals surface area contributed by atoms with E-state index in [1.54, 1.807) is 31.2 Å². The van der Waals surface area contributed by atoms with Gasteiger partial charge in [0.15, 0.2) is 0 Å². The minimum atomic E-state index is -0.704. The Morgan fingerprint density at radius 2 is 1.70 bits per heavy atom. The van der Waals surface area contributed by atoms with Gasteiger partial charge in [0.05, 0.1) is 6.61 Å². The smallest absolute Gasteiger partial charge is 0.243 e. The molecule has 0 aliphatic rings. The van der Waals surface area contributed by atoms with Crippen molar-refractivity contribution in [1.29, 1.82) is 0 Å². The fourth-order valence-electron chi connectivity index (χ4n) is 1.38. The summed E-state index contributed by atoms with van der Waals surface area (Å²) in [5.74, 6) is -0.369. The van der Waals surface area contributed by atoms with Gasteiger partial charge in [0, 0.05) is 24.9 Å². The fourth-order valence-corrected chi connectivity index (χ4v) is 1.38. The van der Waals surface area contributed by atoms with Crippen molar-refractivity contribution in [3.63, 3.8) is 0 Å². The second kappa shape index (κ2) is 9.30. The van der Waals surface area contributed by atoms with Gasteiger partial charge >= 0.3 is 0 Å². The van der Waals surface area contributed by atoms with Crippen LogP contribution in [0.1, 0.15) is 13.3 Å². The molecule has 112 valence electrons. The molecule has 0 aliphatic carbocycles. The summed E-state index contributed by atoms with van der Waals surface area (Å²) in [5.41, 5.74) is 6.90. The van der Waals surface area contributed by atoms with Crippen molar-refractivity contribution in [3.8, 4) is 0 Å². The molecule has 1 unspecified atom stereocenters. The maximum atomic E-state index is 11.6. The van der Waals surface area contributed by atoms with Crippen molar-refractivity contribution in [2.75, 3.05) is 24.4 Å². The Kier molecular flexibility index (Phi) is 8.54. The van der Waals surface area contributed by atoms with E-state index in [4.69, 9.17) is 10.5 Å². The fraction of sp³-hybridized carbons (Fsp3) is 0.385. The van der Waals surface area contributed by atoms with Gasteiger partial charge in [-0.05, 0) is 24.3 Å². The third kappa shape index (κ3) is 6.01. The van der Waals surface area contributed by atoms with E-state index in [2.05, 4.69) is 10.6 Å². The highest BCUT2D eigenvalue weighted by atomic mass is 35.5. The number of methoxy groups -OCH3 is 1. The zero-order valence-electron chi connectivity index (χ0n) is 11.5. The number of hydrogen-bond acceptors (Lipinski definition) is 4. The van der Waals surface area contributed by atoms with Crippen LogP contribution in [0.2, 0.25) is 0 Å². The van der Waals surface area contributed by atoms with Crippen molar-refractivity contribution < 1.29 is 14.3 Å². The monoisotopic (exact) mass is 301 g/mol. The lowest BCUT2D eigenvalue weighted by Gasteiger charge is -2.11. The zero-order chi connectivity index (χ0) is 14.3. The van der Waals surface area contributed by atoms with E-state index < -0.39 is 6.04 Å². The topological polar surface area (TPSA) is 93.5 Å². The summed E-state index contributed by atoms with van der Waals surface area (Å²) in [6.45, 7) is 1.94. The number of hydrogen-bond donors (Lipinski definition) is 3. The van der Waals surface area contributed by atoms with Crippen LogP contribution in [0.5, 0.6) is 0 Å². The van der Waals surface area contributed by atoms with Gasteiger partial charge in [0.25, 0.3) is 0 Å². The molecule has 1 rings (SSSR count). The third-order valence-electron chi connectivity index (χ3n) is 2.44. The zero-order valence-corrected chi connectivity index (χ0v) is 12.3. The van der Waals surface area contributed by atoms with E-state index in [0.29, 0.717) is 17.8 Å². The standard InChI is InChI=1S/C13H19N3O3.ClH/c1-3-12(17)15-9-4-6-10(7-5-9)16-13(18)11(14)8-19-2;/h4-7,11H,3,8,14H2,1-2H3,(H,15,17)(H,16,18);1H. The van der Waals surface area contributed by atoms with E-state index in [-0.39, 0.29) is 30.8 Å². The Balaban J connectivity index is 0.00000361. The van der Waals surface area contributed by atoms with Gasteiger partial charge in [0.2, 0.25) is 11.8 Å². The summed E-state index contributed by atoms with van der Waals surface area (Å²) in [6.07, 6.45) is 0.421. The van der Waals surface area contributed by atoms with E-state index in [9.17, 15) is 9.59 Å². The summed E-state index contributed by atoms with van der Waals surface area (Å²) in [4.78, 5) is 22.8. The molecule has 0 spiro atoms. The second-order valence-corrected chi connectivity index (χ2v) is 4.03. The van der Waals surface area contributed by atoms with Crippen molar-refractivity contribution in [2.45, 2.75) is 19.4 Å². The minimum Gasteiger partial charge on any atom is -0.383 e. The molecule has 0 heterocycles. The number of nitrogens with one attached hydrogen (secondary N) is 2. The van der Waals surface area contributed by atoms with Crippen LogP contribution in [0, 0.1) is 0 Å². The van der Waals surface area contributed by atoms with E-state index in [1.165, 1.54) is 7.11 Å². The molecule has 0 fully saturated rings. The molecular formula is C13H20ClN3O3. The predicted octanol–water partition coefficient (Wildman–Crippen LogP) is 1.37. The largest absolute Gasteiger partial charge is 0.383 e. The number of ether oxygens (including phenoxy) is 1. The van der Waals surface area contributed by atoms with Crippen LogP contribution in [0.15, 0.2) is 24.3 Å². The molecule has 0 aliphatic heterocycles. The van der Waals surface area contributed by atoms with E-state index in [1.807, 2.05) is 0 Å². The summed E-state index contributed by atoms with van der Waals surface area (Å²) < 4.78 is 4.80. The molecule has 6 nitrogen and oxygen atoms in total. The molecule has 1 aromatic rings. The van der Waals surface area contributed by atoms with E-state index >= 15 is 0 Å². The molecule has 1 atom stereocenters. The van der Waals surface area contributed by atoms with Crippen LogP contribution in [0.4, 0.5) is 11.4 Å². The molecule has 0 radical (unpaired) electrons. The maximum Gasteiger partial charge on any atom is 0.243 e. The number of carbonyl (C=O) groups is 2. The Morgan fingerprint density at radius 1 is 1.20 bits per heavy atom. The molecule has 4 N–H and O–H groups in total. The lowest BCUT2D eigenvalue weighted by atomic mass is 10.2. The summed E-state index contributed by atoms with van der Waals surface area (Å²) in [6, 6.07) is 6.12. The normalized spacial score (nSPS) is 11.2. The number of amides is 2. The van der Waals surface area contributed by atoms with Crippen LogP contribution in [-0.4, -0.2) is 31.6 Å². The van der Waals surface area contributed by atoms with Crippen molar-refractivity contribution in [3.05, 3.63) is 24.3 Å². The molecular weight excluding hydrogens is 282 g/mol. The number of rotatable bonds is 6. The van der Waals surface area contributed by atoms with Crippen LogP contribution in [-0.2, 0) is 14.3 Å². The Hall–Kier alpha value is -1.63. The number of nitrogens with two attached hydrogens (primary N) is 1. The Labute approximate surface area is 124 Å². The van der Waals surface area contributed by atoms with Gasteiger partial charge in [-0.25, -0.2) is 0 Å². The van der Waals surface area contributed by atoms with Crippen molar-refractivity contribution in [2.24, 2.45) is 5.73 Å². The summed E-state index contributed by atoms with van der Waals surface area (Å²) >= 11 is 0. The number of anilines is 2. The maximum absolute atomic E-state index is 11.6. The quantitative estimate of drug-likeness (QED) is 0.740. The molecule has 0 aromatic heterocycles. The highest BCUT2D eigenvalue weighted by Crippen LogP contribution is 2.13. The van der Waals surface area contributed by atoms with Crippen LogP contribution < -0.4 is 16.4 Å². The molecule has 1 aromatic carbocycles. The molecule has 0 saturated heterocycles. The van der Waals surface area contributed by atoms with Gasteiger partial charge in [0.1, 0.15) is 6.04 Å². The first-order chi connectivity index (χ1) is 9.06. The Morgan fingerprint density at radius 3 is 2.15 bits per heavy atom. The molecule has 0 saturated carbocycles. The lowest BCUT2D eigenvalue weighted by Crippen LogP contribution is -2.39. The van der Waals surface area contributed by atoms with Crippen LogP contribution >= 0.6 is 12.4 Å². The highest BCUT2D eigenvalue weighted by molar-refractivity contribution is 5.95. The third-order valence-corrected chi connectivity index (χ3v) is 2.44. The first-order valence-electron chi connectivity index (χ1n) is 6.02. The number of halogens is 1. The number of benzene rings is 1. The molecule has 2 amide bonds. The number of carbonyl (C=O) groups excluding carboxylic acids is 2. The molecule has 7 heteroatoms. The first-order valence-corrected chi connectivity index (χ1v) is 6.02. The second-order valence-electron chi connectivity index (χ2n) is 4.03. The van der Waals surface area contributed by atoms with Gasteiger partial charge in [-0.1, -0.05) is 6.92 Å². The van der Waals surface area contributed by atoms with Crippen LogP contribution in [0.25, 0.3) is 0 Å². The molecule has 20 heavy (non-hydrogen) atoms. The summed E-state index contributed by atoms with van der Waals surface area (Å²) in [7, 11) is 1.48. The lowest BCUT2D eigenvalue weighted by molar-refractivity contribution is -0.118.